The van der Waals surface area contributed by atoms with Crippen LogP contribution in [0, 0.1) is 0 Å². The minimum Gasteiger partial charge on any atom is -0.357 e. The Morgan fingerprint density at radius 3 is 2.59 bits per heavy atom. The summed E-state index contributed by atoms with van der Waals surface area (Å²) in [5, 5.41) is 8.38. The SMILES string of the molecule is CCNC(=NCCCNC(=O)c1ccccc1)N(C)CCc1cccs1.I. The van der Waals surface area contributed by atoms with E-state index < -0.39 is 0 Å². The Balaban J connectivity index is 0.00000364. The summed E-state index contributed by atoms with van der Waals surface area (Å²) >= 11 is 1.79. The smallest absolute Gasteiger partial charge is 0.251 e. The van der Waals surface area contributed by atoms with Gasteiger partial charge < -0.3 is 15.5 Å². The van der Waals surface area contributed by atoms with Crippen LogP contribution in [0.2, 0.25) is 0 Å². The van der Waals surface area contributed by atoms with Gasteiger partial charge in [0.1, 0.15) is 0 Å². The van der Waals surface area contributed by atoms with E-state index in [1.807, 2.05) is 30.3 Å². The zero-order chi connectivity index (χ0) is 18.6. The van der Waals surface area contributed by atoms with E-state index in [1.165, 1.54) is 4.88 Å². The molecule has 0 spiro atoms. The minimum atomic E-state index is -0.0328. The normalized spacial score (nSPS) is 10.8. The molecular weight excluding hydrogens is 471 g/mol. The summed E-state index contributed by atoms with van der Waals surface area (Å²) in [7, 11) is 2.06. The molecule has 0 saturated carbocycles. The molecular formula is C20H29IN4OS. The van der Waals surface area contributed by atoms with Crippen LogP contribution in [0.3, 0.4) is 0 Å². The summed E-state index contributed by atoms with van der Waals surface area (Å²) in [4.78, 5) is 20.2. The molecule has 0 aliphatic heterocycles. The summed E-state index contributed by atoms with van der Waals surface area (Å²) in [6.07, 6.45) is 1.83. The van der Waals surface area contributed by atoms with E-state index in [1.54, 1.807) is 11.3 Å². The van der Waals surface area contributed by atoms with Crippen molar-refractivity contribution in [1.82, 2.24) is 15.5 Å². The Kier molecular flexibility index (Phi) is 11.8. The first kappa shape index (κ1) is 23.4. The van der Waals surface area contributed by atoms with E-state index in [9.17, 15) is 4.79 Å². The fourth-order valence-corrected chi connectivity index (χ4v) is 3.16. The predicted molar refractivity (Wildman–Crippen MR) is 125 cm³/mol. The predicted octanol–water partition coefficient (Wildman–Crippen LogP) is 3.63. The highest BCUT2D eigenvalue weighted by atomic mass is 127. The molecule has 2 N–H and O–H groups in total. The lowest BCUT2D eigenvalue weighted by atomic mass is 10.2. The molecule has 148 valence electrons. The molecule has 0 unspecified atom stereocenters. The number of aliphatic imine (C=N–C) groups is 1. The molecule has 1 heterocycles. The van der Waals surface area contributed by atoms with E-state index in [0.29, 0.717) is 18.7 Å². The number of halogens is 1. The van der Waals surface area contributed by atoms with E-state index >= 15 is 0 Å². The van der Waals surface area contributed by atoms with Gasteiger partial charge in [-0.25, -0.2) is 0 Å². The number of hydrogen-bond acceptors (Lipinski definition) is 3. The number of nitrogens with one attached hydrogen (secondary N) is 2. The van der Waals surface area contributed by atoms with Gasteiger partial charge in [-0.05, 0) is 43.3 Å². The van der Waals surface area contributed by atoms with Gasteiger partial charge in [-0.2, -0.15) is 0 Å². The van der Waals surface area contributed by atoms with E-state index in [-0.39, 0.29) is 29.9 Å². The summed E-state index contributed by atoms with van der Waals surface area (Å²) in [5.74, 6) is 0.882. The third-order valence-electron chi connectivity index (χ3n) is 3.89. The zero-order valence-electron chi connectivity index (χ0n) is 16.0. The van der Waals surface area contributed by atoms with Crippen LogP contribution in [0.4, 0.5) is 0 Å². The monoisotopic (exact) mass is 500 g/mol. The van der Waals surface area contributed by atoms with Crippen LogP contribution >= 0.6 is 35.3 Å². The van der Waals surface area contributed by atoms with Gasteiger partial charge in [-0.1, -0.05) is 24.3 Å². The van der Waals surface area contributed by atoms with Gasteiger partial charge >= 0.3 is 0 Å². The average molecular weight is 500 g/mol. The maximum absolute atomic E-state index is 12.0. The molecule has 0 aliphatic carbocycles. The number of benzene rings is 1. The lowest BCUT2D eigenvalue weighted by molar-refractivity contribution is 0.0953. The Labute approximate surface area is 183 Å². The third kappa shape index (κ3) is 8.75. The van der Waals surface area contributed by atoms with Crippen molar-refractivity contribution in [2.75, 3.05) is 33.2 Å². The average Bonchev–Trinajstić information content (AvgIpc) is 3.19. The molecule has 2 aromatic rings. The van der Waals surface area contributed by atoms with Crippen molar-refractivity contribution in [3.05, 3.63) is 58.3 Å². The third-order valence-corrected chi connectivity index (χ3v) is 4.82. The number of thiophene rings is 1. The van der Waals surface area contributed by atoms with Gasteiger partial charge in [-0.3, -0.25) is 9.79 Å². The van der Waals surface area contributed by atoms with Crippen molar-refractivity contribution in [3.63, 3.8) is 0 Å². The van der Waals surface area contributed by atoms with Crippen LogP contribution in [0.1, 0.15) is 28.6 Å². The molecule has 27 heavy (non-hydrogen) atoms. The molecule has 0 saturated heterocycles. The van der Waals surface area contributed by atoms with Gasteiger partial charge in [-0.15, -0.1) is 35.3 Å². The maximum Gasteiger partial charge on any atom is 0.251 e. The fourth-order valence-electron chi connectivity index (χ4n) is 2.47. The second-order valence-corrected chi connectivity index (χ2v) is 6.99. The highest BCUT2D eigenvalue weighted by Crippen LogP contribution is 2.09. The first-order valence-electron chi connectivity index (χ1n) is 9.05. The highest BCUT2D eigenvalue weighted by molar-refractivity contribution is 14.0. The van der Waals surface area contributed by atoms with E-state index in [4.69, 9.17) is 0 Å². The van der Waals surface area contributed by atoms with Crippen LogP contribution in [0.5, 0.6) is 0 Å². The van der Waals surface area contributed by atoms with Gasteiger partial charge in [0, 0.05) is 43.7 Å². The molecule has 0 atom stereocenters. The van der Waals surface area contributed by atoms with Crippen molar-refractivity contribution >= 4 is 47.2 Å². The van der Waals surface area contributed by atoms with E-state index in [0.717, 1.165) is 31.9 Å². The van der Waals surface area contributed by atoms with Gasteiger partial charge in [0.15, 0.2) is 5.96 Å². The number of hydrogen-bond donors (Lipinski definition) is 2. The van der Waals surface area contributed by atoms with Crippen molar-refractivity contribution in [1.29, 1.82) is 0 Å². The van der Waals surface area contributed by atoms with Crippen molar-refractivity contribution in [3.8, 4) is 0 Å². The Hall–Kier alpha value is -1.61. The standard InChI is InChI=1S/C20H28N4OS.HI/c1-3-21-20(24(2)15-12-18-11-7-16-26-18)23-14-8-13-22-19(25)17-9-5-4-6-10-17;/h4-7,9-11,16H,3,8,12-15H2,1-2H3,(H,21,23)(H,22,25);1H. The molecule has 7 heteroatoms. The highest BCUT2D eigenvalue weighted by Gasteiger charge is 2.06. The first-order chi connectivity index (χ1) is 12.7. The number of amides is 1. The molecule has 0 bridgehead atoms. The number of carbonyl (C=O) groups is 1. The molecule has 1 aromatic carbocycles. The number of nitrogens with zero attached hydrogens (tertiary/aromatic N) is 2. The number of guanidine groups is 1. The van der Waals surface area contributed by atoms with Crippen LogP contribution in [-0.2, 0) is 6.42 Å². The van der Waals surface area contributed by atoms with Crippen LogP contribution in [-0.4, -0.2) is 50.0 Å². The number of carbonyl (C=O) groups excluding carboxylic acids is 1. The van der Waals surface area contributed by atoms with Crippen LogP contribution < -0.4 is 10.6 Å². The van der Waals surface area contributed by atoms with Gasteiger partial charge in [0.05, 0.1) is 0 Å². The van der Waals surface area contributed by atoms with Gasteiger partial charge in [0.25, 0.3) is 5.91 Å². The minimum absolute atomic E-state index is 0. The largest absolute Gasteiger partial charge is 0.357 e. The molecule has 0 fully saturated rings. The Morgan fingerprint density at radius 1 is 1.15 bits per heavy atom. The maximum atomic E-state index is 12.0. The number of likely N-dealkylation sites (N-methyl/N-ethyl adjacent to an activating group) is 1. The summed E-state index contributed by atoms with van der Waals surface area (Å²) in [6.45, 7) is 5.14. The second kappa shape index (κ2) is 13.5. The zero-order valence-corrected chi connectivity index (χ0v) is 19.1. The van der Waals surface area contributed by atoms with Crippen molar-refractivity contribution < 1.29 is 4.79 Å². The number of rotatable bonds is 9. The van der Waals surface area contributed by atoms with Crippen LogP contribution in [0.25, 0.3) is 0 Å². The Bertz CT molecular complexity index is 677. The molecule has 5 nitrogen and oxygen atoms in total. The van der Waals surface area contributed by atoms with E-state index in [2.05, 4.69) is 52.0 Å². The molecule has 1 amide bonds. The first-order valence-corrected chi connectivity index (χ1v) is 9.93. The van der Waals surface area contributed by atoms with Crippen LogP contribution in [0.15, 0.2) is 52.8 Å². The van der Waals surface area contributed by atoms with Crippen molar-refractivity contribution in [2.24, 2.45) is 4.99 Å². The fraction of sp³-hybridized carbons (Fsp3) is 0.400. The van der Waals surface area contributed by atoms with Gasteiger partial charge in [0.2, 0.25) is 0 Å². The molecule has 1 aromatic heterocycles. The summed E-state index contributed by atoms with van der Waals surface area (Å²) in [5.41, 5.74) is 0.692. The second-order valence-electron chi connectivity index (χ2n) is 5.96. The Morgan fingerprint density at radius 2 is 1.93 bits per heavy atom. The summed E-state index contributed by atoms with van der Waals surface area (Å²) in [6, 6.07) is 13.5. The quantitative estimate of drug-likeness (QED) is 0.239. The molecule has 0 aliphatic rings. The lowest BCUT2D eigenvalue weighted by Gasteiger charge is -2.21. The summed E-state index contributed by atoms with van der Waals surface area (Å²) < 4.78 is 0. The topological polar surface area (TPSA) is 56.7 Å². The lowest BCUT2D eigenvalue weighted by Crippen LogP contribution is -2.40. The molecule has 2 rings (SSSR count). The van der Waals surface area contributed by atoms with Crippen molar-refractivity contribution in [2.45, 2.75) is 19.8 Å². The molecule has 0 radical (unpaired) electrons.